The van der Waals surface area contributed by atoms with Gasteiger partial charge in [0.05, 0.1) is 9.79 Å². The van der Waals surface area contributed by atoms with Gasteiger partial charge in [-0.05, 0) is 42.7 Å². The van der Waals surface area contributed by atoms with E-state index in [-0.39, 0.29) is 9.79 Å². The zero-order chi connectivity index (χ0) is 14.6. The summed E-state index contributed by atoms with van der Waals surface area (Å²) in [6.45, 7) is 0. The van der Waals surface area contributed by atoms with Crippen LogP contribution in [0.3, 0.4) is 0 Å². The molecule has 0 saturated carbocycles. The van der Waals surface area contributed by atoms with E-state index in [2.05, 4.69) is 0 Å². The highest BCUT2D eigenvalue weighted by Gasteiger charge is 2.16. The van der Waals surface area contributed by atoms with E-state index in [0.717, 1.165) is 5.56 Å². The van der Waals surface area contributed by atoms with E-state index in [1.165, 1.54) is 0 Å². The van der Waals surface area contributed by atoms with Crippen LogP contribution < -0.4 is 5.73 Å². The lowest BCUT2D eigenvalue weighted by Crippen LogP contribution is -2.19. The van der Waals surface area contributed by atoms with Crippen LogP contribution in [-0.2, 0) is 16.3 Å². The number of nitrogens with two attached hydrogens (primary N) is 1. The van der Waals surface area contributed by atoms with Crippen LogP contribution in [0, 0.1) is 0 Å². The van der Waals surface area contributed by atoms with Gasteiger partial charge in [-0.25, -0.2) is 8.42 Å². The molecule has 0 spiro atoms. The third-order valence-corrected chi connectivity index (χ3v) is 4.80. The van der Waals surface area contributed by atoms with E-state index in [9.17, 15) is 8.42 Å². The Morgan fingerprint density at radius 2 is 1.50 bits per heavy atom. The topological polar surface area (TPSA) is 80.4 Å². The van der Waals surface area contributed by atoms with E-state index < -0.39 is 16.1 Å². The second-order valence-corrected chi connectivity index (χ2v) is 6.52. The van der Waals surface area contributed by atoms with Gasteiger partial charge in [-0.1, -0.05) is 30.3 Å². The van der Waals surface area contributed by atoms with E-state index in [1.54, 1.807) is 54.6 Å². The molecule has 3 N–H and O–H groups in total. The van der Waals surface area contributed by atoms with Crippen molar-refractivity contribution >= 4 is 9.84 Å². The summed E-state index contributed by atoms with van der Waals surface area (Å²) in [7, 11) is -3.46. The second kappa shape index (κ2) is 6.17. The smallest absolute Gasteiger partial charge is 0.206 e. The van der Waals surface area contributed by atoms with Gasteiger partial charge < -0.3 is 10.8 Å². The molecule has 1 atom stereocenters. The third kappa shape index (κ3) is 3.45. The zero-order valence-corrected chi connectivity index (χ0v) is 11.8. The molecule has 0 radical (unpaired) electrons. The predicted octanol–water partition coefficient (Wildman–Crippen LogP) is 1.73. The Balaban J connectivity index is 2.22. The molecule has 0 bridgehead atoms. The average Bonchev–Trinajstić information content (AvgIpc) is 2.46. The molecule has 2 rings (SSSR count). The van der Waals surface area contributed by atoms with Crippen molar-refractivity contribution in [3.05, 3.63) is 60.2 Å². The van der Waals surface area contributed by atoms with Gasteiger partial charge in [0.15, 0.2) is 0 Å². The van der Waals surface area contributed by atoms with Crippen molar-refractivity contribution in [1.29, 1.82) is 0 Å². The Hall–Kier alpha value is -1.69. The summed E-state index contributed by atoms with van der Waals surface area (Å²) in [5, 5.41) is 9.03. The zero-order valence-electron chi connectivity index (χ0n) is 10.9. The van der Waals surface area contributed by atoms with Gasteiger partial charge in [-0.15, -0.1) is 0 Å². The predicted molar refractivity (Wildman–Crippen MR) is 76.9 cm³/mol. The van der Waals surface area contributed by atoms with Crippen molar-refractivity contribution in [3.8, 4) is 0 Å². The molecule has 0 fully saturated rings. The Labute approximate surface area is 118 Å². The van der Waals surface area contributed by atoms with Gasteiger partial charge >= 0.3 is 0 Å². The van der Waals surface area contributed by atoms with E-state index in [4.69, 9.17) is 10.8 Å². The highest BCUT2D eigenvalue weighted by molar-refractivity contribution is 7.91. The summed E-state index contributed by atoms with van der Waals surface area (Å²) in [5.74, 6) is 0. The number of hydrogen-bond acceptors (Lipinski definition) is 4. The molecule has 0 amide bonds. The first kappa shape index (κ1) is 14.7. The fraction of sp³-hybridized carbons (Fsp3) is 0.200. The van der Waals surface area contributed by atoms with Crippen LogP contribution in [0.4, 0.5) is 0 Å². The molecule has 5 heteroatoms. The SMILES string of the molecule is NC(O)CCc1ccc(S(=O)(=O)c2ccccc2)cc1. The lowest BCUT2D eigenvalue weighted by molar-refractivity contribution is 0.172. The Morgan fingerprint density at radius 1 is 0.950 bits per heavy atom. The van der Waals surface area contributed by atoms with Crippen LogP contribution in [0.15, 0.2) is 64.4 Å². The lowest BCUT2D eigenvalue weighted by Gasteiger charge is -2.07. The van der Waals surface area contributed by atoms with Gasteiger partial charge in [0, 0.05) is 0 Å². The van der Waals surface area contributed by atoms with Gasteiger partial charge in [0.2, 0.25) is 9.84 Å². The summed E-state index contributed by atoms with van der Waals surface area (Å²) >= 11 is 0. The van der Waals surface area contributed by atoms with Gasteiger partial charge in [0.25, 0.3) is 0 Å². The number of sulfone groups is 1. The van der Waals surface area contributed by atoms with Crippen molar-refractivity contribution in [2.75, 3.05) is 0 Å². The molecule has 106 valence electrons. The maximum atomic E-state index is 12.4. The summed E-state index contributed by atoms with van der Waals surface area (Å²) in [6.07, 6.45) is 0.219. The first-order valence-electron chi connectivity index (χ1n) is 6.33. The van der Waals surface area contributed by atoms with Gasteiger partial charge in [-0.2, -0.15) is 0 Å². The number of benzene rings is 2. The molecular weight excluding hydrogens is 274 g/mol. The van der Waals surface area contributed by atoms with E-state index >= 15 is 0 Å². The van der Waals surface area contributed by atoms with Crippen LogP contribution in [0.1, 0.15) is 12.0 Å². The number of aryl methyl sites for hydroxylation is 1. The Bertz CT molecular complexity index is 649. The second-order valence-electron chi connectivity index (χ2n) is 4.57. The molecular formula is C15H17NO3S. The number of rotatable bonds is 5. The molecule has 0 aliphatic heterocycles. The molecule has 20 heavy (non-hydrogen) atoms. The van der Waals surface area contributed by atoms with Crippen LogP contribution in [0.2, 0.25) is 0 Å². The van der Waals surface area contributed by atoms with Crippen LogP contribution in [0.5, 0.6) is 0 Å². The highest BCUT2D eigenvalue weighted by atomic mass is 32.2. The fourth-order valence-corrected chi connectivity index (χ4v) is 3.17. The minimum Gasteiger partial charge on any atom is -0.379 e. The molecule has 0 aliphatic rings. The Kier molecular flexibility index (Phi) is 4.54. The number of aliphatic hydroxyl groups is 1. The molecule has 0 aromatic heterocycles. The average molecular weight is 291 g/mol. The quantitative estimate of drug-likeness (QED) is 0.822. The highest BCUT2D eigenvalue weighted by Crippen LogP contribution is 2.21. The maximum Gasteiger partial charge on any atom is 0.206 e. The monoisotopic (exact) mass is 291 g/mol. The van der Waals surface area contributed by atoms with Crippen molar-refractivity contribution in [2.24, 2.45) is 5.73 Å². The molecule has 4 nitrogen and oxygen atoms in total. The van der Waals surface area contributed by atoms with Crippen molar-refractivity contribution in [3.63, 3.8) is 0 Å². The fourth-order valence-electron chi connectivity index (χ4n) is 1.89. The van der Waals surface area contributed by atoms with Crippen LogP contribution in [-0.4, -0.2) is 19.8 Å². The first-order valence-corrected chi connectivity index (χ1v) is 7.81. The molecule has 2 aromatic carbocycles. The minimum atomic E-state index is -3.46. The molecule has 0 aliphatic carbocycles. The standard InChI is InChI=1S/C15H17NO3S/c16-15(17)11-8-12-6-9-14(10-7-12)20(18,19)13-4-2-1-3-5-13/h1-7,9-10,15,17H,8,11,16H2. The molecule has 0 saturated heterocycles. The van der Waals surface area contributed by atoms with E-state index in [1.807, 2.05) is 0 Å². The normalized spacial score (nSPS) is 13.1. The number of aliphatic hydroxyl groups excluding tert-OH is 1. The minimum absolute atomic E-state index is 0.265. The summed E-state index contributed by atoms with van der Waals surface area (Å²) in [6, 6.07) is 15.0. The molecule has 1 unspecified atom stereocenters. The van der Waals surface area contributed by atoms with E-state index in [0.29, 0.717) is 12.8 Å². The van der Waals surface area contributed by atoms with Crippen molar-refractivity contribution in [2.45, 2.75) is 28.9 Å². The summed E-state index contributed by atoms with van der Waals surface area (Å²) < 4.78 is 24.7. The lowest BCUT2D eigenvalue weighted by atomic mass is 10.1. The summed E-state index contributed by atoms with van der Waals surface area (Å²) in [4.78, 5) is 0.547. The van der Waals surface area contributed by atoms with Crippen LogP contribution in [0.25, 0.3) is 0 Å². The van der Waals surface area contributed by atoms with Crippen LogP contribution >= 0.6 is 0 Å². The largest absolute Gasteiger partial charge is 0.379 e. The van der Waals surface area contributed by atoms with Gasteiger partial charge in [0.1, 0.15) is 6.23 Å². The third-order valence-electron chi connectivity index (χ3n) is 3.02. The molecule has 0 heterocycles. The van der Waals surface area contributed by atoms with Gasteiger partial charge in [-0.3, -0.25) is 0 Å². The van der Waals surface area contributed by atoms with Crippen molar-refractivity contribution < 1.29 is 13.5 Å². The maximum absolute atomic E-state index is 12.4. The first-order chi connectivity index (χ1) is 9.50. The summed E-state index contributed by atoms with van der Waals surface area (Å²) in [5.41, 5.74) is 6.22. The molecule has 2 aromatic rings. The Morgan fingerprint density at radius 3 is 2.05 bits per heavy atom. The number of hydrogen-bond donors (Lipinski definition) is 2. The van der Waals surface area contributed by atoms with Crippen molar-refractivity contribution in [1.82, 2.24) is 0 Å².